The standard InChI is InChI=1S/C10H12ClNO3/c1-14-9-3-6(8(13)5-12)7(11)4-10(9)15-2/h3-4H,5,12H2,1-2H3. The Morgan fingerprint density at radius 3 is 2.33 bits per heavy atom. The topological polar surface area (TPSA) is 61.5 Å². The molecule has 1 aromatic carbocycles. The number of nitrogens with two attached hydrogens (primary N) is 1. The van der Waals surface area contributed by atoms with Crippen LogP contribution in [0.1, 0.15) is 10.4 Å². The third-order valence-corrected chi connectivity index (χ3v) is 2.27. The molecule has 0 atom stereocenters. The Hall–Kier alpha value is -1.26. The second kappa shape index (κ2) is 5.00. The van der Waals surface area contributed by atoms with Gasteiger partial charge in [-0.25, -0.2) is 0 Å². The van der Waals surface area contributed by atoms with Crippen molar-refractivity contribution in [3.8, 4) is 11.5 Å². The number of benzene rings is 1. The fourth-order valence-electron chi connectivity index (χ4n) is 1.18. The summed E-state index contributed by atoms with van der Waals surface area (Å²) < 4.78 is 10.1. The van der Waals surface area contributed by atoms with E-state index in [1.165, 1.54) is 26.4 Å². The van der Waals surface area contributed by atoms with E-state index in [4.69, 9.17) is 26.8 Å². The highest BCUT2D eigenvalue weighted by molar-refractivity contribution is 6.34. The van der Waals surface area contributed by atoms with Gasteiger partial charge in [-0.1, -0.05) is 11.6 Å². The lowest BCUT2D eigenvalue weighted by Gasteiger charge is -2.10. The van der Waals surface area contributed by atoms with E-state index >= 15 is 0 Å². The van der Waals surface area contributed by atoms with Crippen LogP contribution in [-0.4, -0.2) is 26.5 Å². The zero-order valence-electron chi connectivity index (χ0n) is 8.54. The second-order valence-electron chi connectivity index (χ2n) is 2.81. The maximum Gasteiger partial charge on any atom is 0.178 e. The van der Waals surface area contributed by atoms with Gasteiger partial charge in [0.15, 0.2) is 17.3 Å². The van der Waals surface area contributed by atoms with Crippen LogP contribution < -0.4 is 15.2 Å². The lowest BCUT2D eigenvalue weighted by atomic mass is 10.1. The van der Waals surface area contributed by atoms with Gasteiger partial charge in [-0.2, -0.15) is 0 Å². The van der Waals surface area contributed by atoms with Crippen LogP contribution in [0.25, 0.3) is 0 Å². The minimum atomic E-state index is -0.235. The van der Waals surface area contributed by atoms with Gasteiger partial charge in [0, 0.05) is 11.6 Å². The molecule has 0 heterocycles. The smallest absolute Gasteiger partial charge is 0.178 e. The van der Waals surface area contributed by atoms with Gasteiger partial charge in [-0.3, -0.25) is 4.79 Å². The molecule has 0 aliphatic heterocycles. The van der Waals surface area contributed by atoms with E-state index in [0.717, 1.165) is 0 Å². The highest BCUT2D eigenvalue weighted by Gasteiger charge is 2.14. The van der Waals surface area contributed by atoms with Crippen molar-refractivity contribution in [2.24, 2.45) is 5.73 Å². The van der Waals surface area contributed by atoms with Gasteiger partial charge in [0.2, 0.25) is 0 Å². The van der Waals surface area contributed by atoms with Crippen molar-refractivity contribution < 1.29 is 14.3 Å². The van der Waals surface area contributed by atoms with E-state index < -0.39 is 0 Å². The monoisotopic (exact) mass is 229 g/mol. The summed E-state index contributed by atoms with van der Waals surface area (Å²) in [6.07, 6.45) is 0. The van der Waals surface area contributed by atoms with Gasteiger partial charge in [-0.15, -0.1) is 0 Å². The van der Waals surface area contributed by atoms with Crippen LogP contribution in [0.5, 0.6) is 11.5 Å². The number of ketones is 1. The van der Waals surface area contributed by atoms with E-state index in [1.807, 2.05) is 0 Å². The molecule has 5 heteroatoms. The van der Waals surface area contributed by atoms with Crippen molar-refractivity contribution in [1.82, 2.24) is 0 Å². The number of rotatable bonds is 4. The molecule has 0 saturated heterocycles. The molecule has 0 radical (unpaired) electrons. The Balaban J connectivity index is 3.25. The summed E-state index contributed by atoms with van der Waals surface area (Å²) in [5.41, 5.74) is 5.60. The number of ether oxygens (including phenoxy) is 2. The Morgan fingerprint density at radius 1 is 1.33 bits per heavy atom. The summed E-state index contributed by atoms with van der Waals surface area (Å²) in [6.45, 7) is -0.0881. The zero-order chi connectivity index (χ0) is 11.4. The number of hydrogen-bond donors (Lipinski definition) is 1. The second-order valence-corrected chi connectivity index (χ2v) is 3.22. The van der Waals surface area contributed by atoms with Crippen LogP contribution in [0.15, 0.2) is 12.1 Å². The highest BCUT2D eigenvalue weighted by Crippen LogP contribution is 2.33. The van der Waals surface area contributed by atoms with Crippen molar-refractivity contribution >= 4 is 17.4 Å². The Kier molecular flexibility index (Phi) is 3.94. The van der Waals surface area contributed by atoms with Gasteiger partial charge in [0.1, 0.15) is 0 Å². The zero-order valence-corrected chi connectivity index (χ0v) is 9.30. The third kappa shape index (κ3) is 2.40. The predicted molar refractivity (Wildman–Crippen MR) is 57.9 cm³/mol. The first kappa shape index (κ1) is 11.8. The Bertz CT molecular complexity index is 379. The summed E-state index contributed by atoms with van der Waals surface area (Å²) in [7, 11) is 2.99. The average Bonchev–Trinajstić information content (AvgIpc) is 2.27. The van der Waals surface area contributed by atoms with Crippen LogP contribution in [0, 0.1) is 0 Å². The molecule has 1 aromatic rings. The maximum atomic E-state index is 11.4. The Morgan fingerprint density at radius 2 is 1.87 bits per heavy atom. The molecule has 0 saturated carbocycles. The molecule has 0 bridgehead atoms. The van der Waals surface area contributed by atoms with E-state index in [1.54, 1.807) is 0 Å². The number of Topliss-reactive ketones (excluding diaryl/α,β-unsaturated/α-hetero) is 1. The third-order valence-electron chi connectivity index (χ3n) is 1.96. The predicted octanol–water partition coefficient (Wildman–Crippen LogP) is 1.50. The number of carbonyl (C=O) groups excluding carboxylic acids is 1. The summed E-state index contributed by atoms with van der Waals surface area (Å²) in [6, 6.07) is 3.06. The van der Waals surface area contributed by atoms with Crippen LogP contribution >= 0.6 is 11.6 Å². The molecule has 0 aliphatic carbocycles. The SMILES string of the molecule is COc1cc(Cl)c(C(=O)CN)cc1OC. The molecule has 0 aliphatic rings. The molecular weight excluding hydrogens is 218 g/mol. The van der Waals surface area contributed by atoms with Crippen LogP contribution in [0.2, 0.25) is 5.02 Å². The van der Waals surface area contributed by atoms with E-state index in [0.29, 0.717) is 22.1 Å². The lowest BCUT2D eigenvalue weighted by Crippen LogP contribution is -2.14. The summed E-state index contributed by atoms with van der Waals surface area (Å²) >= 11 is 5.90. The van der Waals surface area contributed by atoms with Crippen molar-refractivity contribution in [1.29, 1.82) is 0 Å². The maximum absolute atomic E-state index is 11.4. The molecule has 82 valence electrons. The van der Waals surface area contributed by atoms with Gasteiger partial charge in [-0.05, 0) is 6.07 Å². The molecule has 15 heavy (non-hydrogen) atoms. The van der Waals surface area contributed by atoms with Crippen molar-refractivity contribution in [3.05, 3.63) is 22.7 Å². The van der Waals surface area contributed by atoms with Gasteiger partial charge in [0.05, 0.1) is 25.8 Å². The summed E-state index contributed by atoms with van der Waals surface area (Å²) in [5.74, 6) is 0.704. The van der Waals surface area contributed by atoms with Crippen LogP contribution in [-0.2, 0) is 0 Å². The molecule has 1 rings (SSSR count). The largest absolute Gasteiger partial charge is 0.493 e. The van der Waals surface area contributed by atoms with Crippen LogP contribution in [0.3, 0.4) is 0 Å². The molecule has 0 aromatic heterocycles. The minimum absolute atomic E-state index is 0.0881. The first-order valence-electron chi connectivity index (χ1n) is 4.28. The average molecular weight is 230 g/mol. The molecule has 0 spiro atoms. The molecule has 0 unspecified atom stereocenters. The number of methoxy groups -OCH3 is 2. The highest BCUT2D eigenvalue weighted by atomic mass is 35.5. The number of hydrogen-bond acceptors (Lipinski definition) is 4. The molecule has 4 nitrogen and oxygen atoms in total. The quantitative estimate of drug-likeness (QED) is 0.795. The first-order chi connectivity index (χ1) is 7.13. The van der Waals surface area contributed by atoms with Gasteiger partial charge in [0.25, 0.3) is 0 Å². The van der Waals surface area contributed by atoms with Gasteiger partial charge < -0.3 is 15.2 Å². The van der Waals surface area contributed by atoms with Crippen LogP contribution in [0.4, 0.5) is 0 Å². The lowest BCUT2D eigenvalue weighted by molar-refractivity contribution is 0.100. The number of carbonyl (C=O) groups is 1. The Labute approximate surface area is 92.9 Å². The fourth-order valence-corrected chi connectivity index (χ4v) is 1.44. The van der Waals surface area contributed by atoms with Crippen molar-refractivity contribution in [2.75, 3.05) is 20.8 Å². The van der Waals surface area contributed by atoms with Crippen molar-refractivity contribution in [2.45, 2.75) is 0 Å². The molecule has 0 fully saturated rings. The van der Waals surface area contributed by atoms with Crippen molar-refractivity contribution in [3.63, 3.8) is 0 Å². The first-order valence-corrected chi connectivity index (χ1v) is 4.66. The molecule has 2 N–H and O–H groups in total. The molecule has 0 amide bonds. The van der Waals surface area contributed by atoms with E-state index in [-0.39, 0.29) is 12.3 Å². The number of halogens is 1. The molecular formula is C10H12ClNO3. The normalized spacial score (nSPS) is 9.87. The minimum Gasteiger partial charge on any atom is -0.493 e. The fraction of sp³-hybridized carbons (Fsp3) is 0.300. The van der Waals surface area contributed by atoms with Gasteiger partial charge >= 0.3 is 0 Å². The summed E-state index contributed by atoms with van der Waals surface area (Å²) in [5, 5.41) is 0.308. The van der Waals surface area contributed by atoms with E-state index in [9.17, 15) is 4.79 Å². The summed E-state index contributed by atoms with van der Waals surface area (Å²) in [4.78, 5) is 11.4. The van der Waals surface area contributed by atoms with E-state index in [2.05, 4.69) is 0 Å².